The van der Waals surface area contributed by atoms with Crippen molar-refractivity contribution in [3.8, 4) is 0 Å². The number of benzene rings is 1. The summed E-state index contributed by atoms with van der Waals surface area (Å²) in [7, 11) is 0. The second-order valence-electron chi connectivity index (χ2n) is 4.07. The summed E-state index contributed by atoms with van der Waals surface area (Å²) in [5, 5.41) is 10.2. The largest absolute Gasteiger partial charge is 0.388 e. The van der Waals surface area contributed by atoms with E-state index < -0.39 is 6.10 Å². The van der Waals surface area contributed by atoms with Crippen molar-refractivity contribution in [2.24, 2.45) is 0 Å². The Bertz CT molecular complexity index is 499. The van der Waals surface area contributed by atoms with E-state index in [9.17, 15) is 5.11 Å². The van der Waals surface area contributed by atoms with Crippen LogP contribution >= 0.6 is 15.9 Å². The van der Waals surface area contributed by atoms with Crippen LogP contribution in [0, 0.1) is 6.92 Å². The molecule has 0 aliphatic carbocycles. The number of rotatable bonds is 3. The second kappa shape index (κ2) is 5.43. The number of hydrogen-bond acceptors (Lipinski definition) is 2. The molecule has 0 aliphatic rings. The molecule has 0 saturated heterocycles. The van der Waals surface area contributed by atoms with Gasteiger partial charge in [-0.25, -0.2) is 0 Å². The third kappa shape index (κ3) is 3.14. The molecule has 2 nitrogen and oxygen atoms in total. The summed E-state index contributed by atoms with van der Waals surface area (Å²) in [5.41, 5.74) is 2.97. The van der Waals surface area contributed by atoms with Crippen molar-refractivity contribution in [3.63, 3.8) is 0 Å². The lowest BCUT2D eigenvalue weighted by Gasteiger charge is -2.13. The summed E-state index contributed by atoms with van der Waals surface area (Å²) in [6.45, 7) is 2.03. The van der Waals surface area contributed by atoms with E-state index in [4.69, 9.17) is 0 Å². The van der Waals surface area contributed by atoms with Gasteiger partial charge in [-0.15, -0.1) is 0 Å². The zero-order chi connectivity index (χ0) is 12.3. The molecule has 1 unspecified atom stereocenters. The molecule has 2 aromatic rings. The second-order valence-corrected chi connectivity index (χ2v) is 4.92. The Morgan fingerprint density at radius 3 is 2.76 bits per heavy atom. The van der Waals surface area contributed by atoms with Crippen molar-refractivity contribution < 1.29 is 5.11 Å². The van der Waals surface area contributed by atoms with Crippen molar-refractivity contribution in [1.29, 1.82) is 0 Å². The smallest absolute Gasteiger partial charge is 0.0856 e. The molecule has 0 amide bonds. The van der Waals surface area contributed by atoms with E-state index in [2.05, 4.69) is 20.9 Å². The molecule has 1 atom stereocenters. The van der Waals surface area contributed by atoms with E-state index in [1.54, 1.807) is 6.20 Å². The fraction of sp³-hybridized carbons (Fsp3) is 0.214. The van der Waals surface area contributed by atoms with Gasteiger partial charge in [-0.2, -0.15) is 0 Å². The normalized spacial score (nSPS) is 12.4. The first-order valence-corrected chi connectivity index (χ1v) is 6.30. The van der Waals surface area contributed by atoms with Gasteiger partial charge in [0, 0.05) is 22.8 Å². The van der Waals surface area contributed by atoms with Crippen LogP contribution in [0.2, 0.25) is 0 Å². The molecule has 0 spiro atoms. The van der Waals surface area contributed by atoms with E-state index >= 15 is 0 Å². The highest BCUT2D eigenvalue weighted by molar-refractivity contribution is 9.10. The lowest BCUT2D eigenvalue weighted by Crippen LogP contribution is -2.04. The van der Waals surface area contributed by atoms with Crippen LogP contribution in [-0.4, -0.2) is 10.1 Å². The first-order chi connectivity index (χ1) is 8.16. The molecule has 1 aromatic heterocycles. The van der Waals surface area contributed by atoms with E-state index in [1.807, 2.05) is 43.3 Å². The minimum Gasteiger partial charge on any atom is -0.388 e. The maximum atomic E-state index is 10.2. The maximum absolute atomic E-state index is 10.2. The summed E-state index contributed by atoms with van der Waals surface area (Å²) in [6, 6.07) is 11.7. The van der Waals surface area contributed by atoms with Crippen molar-refractivity contribution in [2.45, 2.75) is 19.4 Å². The standard InChI is InChI=1S/C14H14BrNO/c1-10-5-6-12(13(15)8-10)14(17)9-11-4-2-3-7-16-11/h2-8,14,17H,9H2,1H3. The predicted molar refractivity (Wildman–Crippen MR) is 71.8 cm³/mol. The van der Waals surface area contributed by atoms with Gasteiger partial charge in [-0.3, -0.25) is 4.98 Å². The molecule has 17 heavy (non-hydrogen) atoms. The summed E-state index contributed by atoms with van der Waals surface area (Å²) in [6.07, 6.45) is 1.74. The van der Waals surface area contributed by atoms with Gasteiger partial charge in [0.05, 0.1) is 6.10 Å². The topological polar surface area (TPSA) is 33.1 Å². The van der Waals surface area contributed by atoms with Crippen LogP contribution in [0.5, 0.6) is 0 Å². The predicted octanol–water partition coefficient (Wildman–Crippen LogP) is 3.43. The number of hydrogen-bond donors (Lipinski definition) is 1. The Labute approximate surface area is 109 Å². The Hall–Kier alpha value is -1.19. The molecule has 1 aromatic carbocycles. The summed E-state index contributed by atoms with van der Waals surface area (Å²) in [4.78, 5) is 4.22. The first kappa shape index (κ1) is 12.3. The number of aliphatic hydroxyl groups excluding tert-OH is 1. The van der Waals surface area contributed by atoms with E-state index in [0.29, 0.717) is 6.42 Å². The monoisotopic (exact) mass is 291 g/mol. The molecule has 1 heterocycles. The van der Waals surface area contributed by atoms with E-state index in [1.165, 1.54) is 5.56 Å². The molecular weight excluding hydrogens is 278 g/mol. The highest BCUT2D eigenvalue weighted by Crippen LogP contribution is 2.26. The van der Waals surface area contributed by atoms with Gasteiger partial charge in [0.25, 0.3) is 0 Å². The minimum atomic E-state index is -0.528. The van der Waals surface area contributed by atoms with E-state index in [-0.39, 0.29) is 0 Å². The summed E-state index contributed by atoms with van der Waals surface area (Å²) < 4.78 is 0.945. The minimum absolute atomic E-state index is 0.528. The molecule has 3 heteroatoms. The quantitative estimate of drug-likeness (QED) is 0.940. The fourth-order valence-corrected chi connectivity index (χ4v) is 2.49. The number of aromatic nitrogens is 1. The first-order valence-electron chi connectivity index (χ1n) is 5.51. The van der Waals surface area contributed by atoms with E-state index in [0.717, 1.165) is 15.7 Å². The Morgan fingerprint density at radius 2 is 2.12 bits per heavy atom. The van der Waals surface area contributed by atoms with Crippen LogP contribution in [0.1, 0.15) is 22.9 Å². The van der Waals surface area contributed by atoms with Crippen LogP contribution < -0.4 is 0 Å². The number of pyridine rings is 1. The van der Waals surface area contributed by atoms with Crippen molar-refractivity contribution in [1.82, 2.24) is 4.98 Å². The number of nitrogens with zero attached hydrogens (tertiary/aromatic N) is 1. The molecule has 0 radical (unpaired) electrons. The van der Waals surface area contributed by atoms with Crippen molar-refractivity contribution in [3.05, 3.63) is 63.9 Å². The van der Waals surface area contributed by atoms with Gasteiger partial charge in [-0.1, -0.05) is 34.1 Å². The fourth-order valence-electron chi connectivity index (χ4n) is 1.73. The molecule has 0 aliphatic heterocycles. The Balaban J connectivity index is 2.17. The molecule has 2 rings (SSSR count). The zero-order valence-electron chi connectivity index (χ0n) is 9.60. The van der Waals surface area contributed by atoms with Crippen LogP contribution in [0.15, 0.2) is 47.1 Å². The Kier molecular flexibility index (Phi) is 3.92. The van der Waals surface area contributed by atoms with Gasteiger partial charge in [0.2, 0.25) is 0 Å². The summed E-state index contributed by atoms with van der Waals surface area (Å²) >= 11 is 3.48. The molecule has 0 bridgehead atoms. The van der Waals surface area contributed by atoms with Crippen molar-refractivity contribution >= 4 is 15.9 Å². The third-order valence-corrected chi connectivity index (χ3v) is 3.33. The van der Waals surface area contributed by atoms with Crippen LogP contribution in [-0.2, 0) is 6.42 Å². The highest BCUT2D eigenvalue weighted by atomic mass is 79.9. The SMILES string of the molecule is Cc1ccc(C(O)Cc2ccccn2)c(Br)c1. The van der Waals surface area contributed by atoms with Gasteiger partial charge < -0.3 is 5.11 Å². The number of aryl methyl sites for hydroxylation is 1. The van der Waals surface area contributed by atoms with Crippen LogP contribution in [0.25, 0.3) is 0 Å². The number of halogens is 1. The van der Waals surface area contributed by atoms with Gasteiger partial charge in [0.15, 0.2) is 0 Å². The molecule has 1 N–H and O–H groups in total. The van der Waals surface area contributed by atoms with Gasteiger partial charge in [-0.05, 0) is 36.2 Å². The molecule has 0 fully saturated rings. The number of aliphatic hydroxyl groups is 1. The van der Waals surface area contributed by atoms with Crippen molar-refractivity contribution in [2.75, 3.05) is 0 Å². The van der Waals surface area contributed by atoms with Gasteiger partial charge >= 0.3 is 0 Å². The zero-order valence-corrected chi connectivity index (χ0v) is 11.2. The average Bonchev–Trinajstić information content (AvgIpc) is 2.30. The van der Waals surface area contributed by atoms with Gasteiger partial charge in [0.1, 0.15) is 0 Å². The lowest BCUT2D eigenvalue weighted by atomic mass is 10.0. The lowest BCUT2D eigenvalue weighted by molar-refractivity contribution is 0.176. The molecular formula is C14H14BrNO. The molecule has 0 saturated carbocycles. The van der Waals surface area contributed by atoms with Crippen LogP contribution in [0.3, 0.4) is 0 Å². The summed E-state index contributed by atoms with van der Waals surface area (Å²) in [5.74, 6) is 0. The third-order valence-electron chi connectivity index (χ3n) is 2.64. The average molecular weight is 292 g/mol. The highest BCUT2D eigenvalue weighted by Gasteiger charge is 2.12. The maximum Gasteiger partial charge on any atom is 0.0856 e. The Morgan fingerprint density at radius 1 is 1.29 bits per heavy atom. The molecule has 88 valence electrons. The van der Waals surface area contributed by atoms with Crippen LogP contribution in [0.4, 0.5) is 0 Å².